The zero-order valence-electron chi connectivity index (χ0n) is 11.5. The molecule has 1 aromatic heterocycles. The lowest BCUT2D eigenvalue weighted by molar-refractivity contribution is 0.0787. The van der Waals surface area contributed by atoms with Crippen molar-refractivity contribution in [1.82, 2.24) is 4.98 Å². The van der Waals surface area contributed by atoms with E-state index in [0.29, 0.717) is 41.1 Å². The molecule has 0 radical (unpaired) electrons. The highest BCUT2D eigenvalue weighted by molar-refractivity contribution is 5.99. The quantitative estimate of drug-likeness (QED) is 0.891. The van der Waals surface area contributed by atoms with Crippen LogP contribution in [0.25, 0.3) is 10.9 Å². The zero-order valence-corrected chi connectivity index (χ0v) is 11.5. The minimum Gasteiger partial charge on any atom is -0.396 e. The van der Waals surface area contributed by atoms with Crippen LogP contribution in [0.1, 0.15) is 36.3 Å². The second-order valence-corrected chi connectivity index (χ2v) is 5.30. The molecule has 6 heteroatoms. The van der Waals surface area contributed by atoms with Crippen LogP contribution in [-0.4, -0.2) is 18.2 Å². The maximum Gasteiger partial charge on any atom is 0.264 e. The van der Waals surface area contributed by atoms with Gasteiger partial charge in [-0.3, -0.25) is 4.98 Å². The van der Waals surface area contributed by atoms with Crippen molar-refractivity contribution < 1.29 is 13.5 Å². The average Bonchev–Trinajstić information content (AvgIpc) is 2.50. The van der Waals surface area contributed by atoms with Crippen molar-refractivity contribution in [2.45, 2.75) is 25.2 Å². The largest absolute Gasteiger partial charge is 0.396 e. The monoisotopic (exact) mass is 293 g/mol. The summed E-state index contributed by atoms with van der Waals surface area (Å²) >= 11 is 0. The molecule has 21 heavy (non-hydrogen) atoms. The molecule has 3 rings (SSSR count). The number of ether oxygens (including phenoxy) is 1. The maximum absolute atomic E-state index is 13.4. The van der Waals surface area contributed by atoms with Crippen LogP contribution in [0.15, 0.2) is 18.3 Å². The van der Waals surface area contributed by atoms with E-state index in [9.17, 15) is 8.78 Å². The predicted octanol–water partition coefficient (Wildman–Crippen LogP) is 3.23. The lowest BCUT2D eigenvalue weighted by Crippen LogP contribution is -2.18. The SMILES string of the molecule is Nc1cnc2ccc(C(F)F)c(C3CCCOC3)c2c1N. The number of nitrogens with two attached hydrogens (primary N) is 2. The standard InChI is InChI=1S/C15H17F2N3O/c16-15(17)9-3-4-11-13(14(19)10(18)6-20-11)12(9)8-2-1-5-21-7-8/h3-4,6,8,15H,1-2,5,7,18H2,(H2,19,20). The summed E-state index contributed by atoms with van der Waals surface area (Å²) in [7, 11) is 0. The molecule has 4 N–H and O–H groups in total. The fraction of sp³-hybridized carbons (Fsp3) is 0.400. The number of nitrogen functional groups attached to an aromatic ring is 2. The molecule has 0 bridgehead atoms. The molecule has 1 aliphatic rings. The Morgan fingerprint density at radius 3 is 2.76 bits per heavy atom. The van der Waals surface area contributed by atoms with Crippen molar-refractivity contribution in [2.75, 3.05) is 24.7 Å². The summed E-state index contributed by atoms with van der Waals surface area (Å²) in [5.41, 5.74) is 13.6. The number of hydrogen-bond acceptors (Lipinski definition) is 4. The highest BCUT2D eigenvalue weighted by Crippen LogP contribution is 2.40. The maximum atomic E-state index is 13.4. The third kappa shape index (κ3) is 2.40. The van der Waals surface area contributed by atoms with Gasteiger partial charge in [-0.15, -0.1) is 0 Å². The number of halogens is 2. The van der Waals surface area contributed by atoms with Crippen LogP contribution in [0.2, 0.25) is 0 Å². The highest BCUT2D eigenvalue weighted by atomic mass is 19.3. The van der Waals surface area contributed by atoms with Gasteiger partial charge in [0.15, 0.2) is 0 Å². The fourth-order valence-electron chi connectivity index (χ4n) is 2.97. The Morgan fingerprint density at radius 2 is 2.10 bits per heavy atom. The van der Waals surface area contributed by atoms with E-state index in [2.05, 4.69) is 4.98 Å². The predicted molar refractivity (Wildman–Crippen MR) is 78.3 cm³/mol. The van der Waals surface area contributed by atoms with Crippen LogP contribution >= 0.6 is 0 Å². The summed E-state index contributed by atoms with van der Waals surface area (Å²) < 4.78 is 32.3. The first-order chi connectivity index (χ1) is 10.1. The Bertz CT molecular complexity index is 670. The number of anilines is 2. The van der Waals surface area contributed by atoms with Crippen LogP contribution in [0.5, 0.6) is 0 Å². The van der Waals surface area contributed by atoms with Crippen molar-refractivity contribution in [3.63, 3.8) is 0 Å². The van der Waals surface area contributed by atoms with Gasteiger partial charge in [-0.05, 0) is 24.5 Å². The number of benzene rings is 1. The third-order valence-electron chi connectivity index (χ3n) is 3.98. The Balaban J connectivity index is 2.29. The van der Waals surface area contributed by atoms with Crippen LogP contribution in [-0.2, 0) is 4.74 Å². The Hall–Kier alpha value is -1.95. The van der Waals surface area contributed by atoms with E-state index >= 15 is 0 Å². The van der Waals surface area contributed by atoms with Crippen molar-refractivity contribution in [2.24, 2.45) is 0 Å². The van der Waals surface area contributed by atoms with Gasteiger partial charge < -0.3 is 16.2 Å². The molecule has 112 valence electrons. The van der Waals surface area contributed by atoms with Gasteiger partial charge in [-0.1, -0.05) is 6.07 Å². The Morgan fingerprint density at radius 1 is 1.29 bits per heavy atom. The highest BCUT2D eigenvalue weighted by Gasteiger charge is 2.26. The van der Waals surface area contributed by atoms with Gasteiger partial charge in [0.2, 0.25) is 0 Å². The normalized spacial score (nSPS) is 19.3. The van der Waals surface area contributed by atoms with Crippen molar-refractivity contribution in [3.8, 4) is 0 Å². The molecule has 4 nitrogen and oxygen atoms in total. The second-order valence-electron chi connectivity index (χ2n) is 5.30. The first-order valence-electron chi connectivity index (χ1n) is 6.92. The van der Waals surface area contributed by atoms with E-state index in [1.165, 1.54) is 12.3 Å². The first kappa shape index (κ1) is 14.0. The number of rotatable bonds is 2. The molecule has 0 saturated carbocycles. The van der Waals surface area contributed by atoms with Gasteiger partial charge in [-0.2, -0.15) is 0 Å². The van der Waals surface area contributed by atoms with Crippen LogP contribution in [0.3, 0.4) is 0 Å². The van der Waals surface area contributed by atoms with Gasteiger partial charge in [0.25, 0.3) is 6.43 Å². The molecule has 0 spiro atoms. The number of pyridine rings is 1. The number of alkyl halides is 2. The smallest absolute Gasteiger partial charge is 0.264 e. The molecule has 1 aliphatic heterocycles. The summed E-state index contributed by atoms with van der Waals surface area (Å²) in [5.74, 6) is -0.0997. The van der Waals surface area contributed by atoms with Gasteiger partial charge in [0.1, 0.15) is 0 Å². The molecule has 1 fully saturated rings. The van der Waals surface area contributed by atoms with Gasteiger partial charge >= 0.3 is 0 Å². The molecule has 1 atom stereocenters. The molecule has 2 heterocycles. The minimum absolute atomic E-state index is 0.00269. The lowest BCUT2D eigenvalue weighted by Gasteiger charge is -2.26. The Kier molecular flexibility index (Phi) is 3.63. The number of nitrogens with zero attached hydrogens (tertiary/aromatic N) is 1. The summed E-state index contributed by atoms with van der Waals surface area (Å²) in [6.07, 6.45) is 0.542. The van der Waals surface area contributed by atoms with E-state index in [1.807, 2.05) is 0 Å². The molecular formula is C15H17F2N3O. The van der Waals surface area contributed by atoms with Gasteiger partial charge in [0.05, 0.1) is 29.7 Å². The van der Waals surface area contributed by atoms with E-state index in [0.717, 1.165) is 12.8 Å². The van der Waals surface area contributed by atoms with Crippen LogP contribution < -0.4 is 11.5 Å². The number of fused-ring (bicyclic) bond motifs is 1. The third-order valence-corrected chi connectivity index (χ3v) is 3.98. The molecule has 0 aliphatic carbocycles. The van der Waals surface area contributed by atoms with E-state index in [-0.39, 0.29) is 11.5 Å². The minimum atomic E-state index is -2.56. The summed E-state index contributed by atoms with van der Waals surface area (Å²) in [5, 5.41) is 0.545. The van der Waals surface area contributed by atoms with Gasteiger partial charge in [0, 0.05) is 23.5 Å². The van der Waals surface area contributed by atoms with Crippen LogP contribution in [0, 0.1) is 0 Å². The topological polar surface area (TPSA) is 74.2 Å². The molecule has 1 unspecified atom stereocenters. The van der Waals surface area contributed by atoms with E-state index in [1.54, 1.807) is 6.07 Å². The lowest BCUT2D eigenvalue weighted by atomic mass is 9.86. The summed E-state index contributed by atoms with van der Waals surface area (Å²) in [6.45, 7) is 1.09. The van der Waals surface area contributed by atoms with Crippen molar-refractivity contribution >= 4 is 22.3 Å². The zero-order chi connectivity index (χ0) is 15.0. The molecule has 0 amide bonds. The summed E-state index contributed by atoms with van der Waals surface area (Å²) in [6, 6.07) is 3.00. The van der Waals surface area contributed by atoms with Gasteiger partial charge in [-0.25, -0.2) is 8.78 Å². The second kappa shape index (κ2) is 5.44. The molecular weight excluding hydrogens is 276 g/mol. The first-order valence-corrected chi connectivity index (χ1v) is 6.92. The fourth-order valence-corrected chi connectivity index (χ4v) is 2.97. The Labute approximate surface area is 121 Å². The summed E-state index contributed by atoms with van der Waals surface area (Å²) in [4.78, 5) is 4.21. The van der Waals surface area contributed by atoms with Crippen molar-refractivity contribution in [3.05, 3.63) is 29.5 Å². The van der Waals surface area contributed by atoms with E-state index < -0.39 is 6.43 Å². The van der Waals surface area contributed by atoms with Crippen LogP contribution in [0.4, 0.5) is 20.2 Å². The molecule has 1 saturated heterocycles. The van der Waals surface area contributed by atoms with Crippen molar-refractivity contribution in [1.29, 1.82) is 0 Å². The number of hydrogen-bond donors (Lipinski definition) is 2. The average molecular weight is 293 g/mol. The number of aromatic nitrogens is 1. The molecule has 2 aromatic rings. The van der Waals surface area contributed by atoms with E-state index in [4.69, 9.17) is 16.2 Å². The molecule has 1 aromatic carbocycles.